The van der Waals surface area contributed by atoms with Crippen molar-refractivity contribution >= 4 is 43.5 Å². The van der Waals surface area contributed by atoms with Gasteiger partial charge in [-0.25, -0.2) is 13.2 Å². The molecule has 2 aromatic carbocycles. The van der Waals surface area contributed by atoms with Crippen molar-refractivity contribution in [2.24, 2.45) is 0 Å². The Morgan fingerprint density at radius 1 is 1.14 bits per heavy atom. The van der Waals surface area contributed by atoms with Crippen LogP contribution >= 0.6 is 0 Å². The number of carbonyl (C=O) groups is 1. The number of nitrogens with one attached hydrogen (secondary N) is 2. The monoisotopic (exact) mass is 409 g/mol. The molecule has 0 saturated heterocycles. The number of aromatic amines is 2. The summed E-state index contributed by atoms with van der Waals surface area (Å²) in [4.78, 5) is 29.2. The molecule has 8 nitrogen and oxygen atoms in total. The lowest BCUT2D eigenvalue weighted by molar-refractivity contribution is 0.0699. The molecule has 4 aromatic rings. The lowest BCUT2D eigenvalue weighted by Gasteiger charge is -2.20. The Morgan fingerprint density at radius 3 is 2.72 bits per heavy atom. The fraction of sp³-hybridized carbons (Fsp3) is 0.100. The molecule has 0 aliphatic carbocycles. The highest BCUT2D eigenvalue weighted by atomic mass is 32.2. The van der Waals surface area contributed by atoms with Crippen LogP contribution in [0.25, 0.3) is 21.8 Å². The number of aromatic nitrogens is 2. The van der Waals surface area contributed by atoms with Crippen molar-refractivity contribution in [1.29, 1.82) is 0 Å². The molecule has 0 atom stereocenters. The molecular weight excluding hydrogens is 394 g/mol. The minimum absolute atomic E-state index is 0.0348. The standard InChI is InChI=1S/C20H15N3O5S/c24-19-18-17(14(10-21-18)20(25)26)13-9-12(5-6-15(13)22-19)29(27,28)23-8-7-11-3-1-2-4-16(11)23/h1-6,9-10,21H,7-8H2,(H,22,24)(H,25,26). The highest BCUT2D eigenvalue weighted by Gasteiger charge is 2.31. The summed E-state index contributed by atoms with van der Waals surface area (Å²) < 4.78 is 28.0. The number of hydrogen-bond acceptors (Lipinski definition) is 4. The molecule has 0 saturated carbocycles. The zero-order valence-corrected chi connectivity index (χ0v) is 15.8. The van der Waals surface area contributed by atoms with Crippen LogP contribution in [0.15, 0.2) is 58.4 Å². The average molecular weight is 409 g/mol. The van der Waals surface area contributed by atoms with Gasteiger partial charge in [0, 0.05) is 29.0 Å². The molecule has 3 N–H and O–H groups in total. The summed E-state index contributed by atoms with van der Waals surface area (Å²) in [6, 6.07) is 11.7. The number of aromatic carboxylic acids is 1. The van der Waals surface area contributed by atoms with Crippen LogP contribution in [0.4, 0.5) is 5.69 Å². The number of fused-ring (bicyclic) bond motifs is 4. The number of nitrogens with zero attached hydrogens (tertiary/aromatic N) is 1. The summed E-state index contributed by atoms with van der Waals surface area (Å²) in [5.74, 6) is -1.20. The maximum Gasteiger partial charge on any atom is 0.337 e. The van der Waals surface area contributed by atoms with Crippen LogP contribution in [-0.4, -0.2) is 36.0 Å². The number of para-hydroxylation sites is 1. The zero-order valence-electron chi connectivity index (χ0n) is 15.0. The molecule has 146 valence electrons. The minimum Gasteiger partial charge on any atom is -0.478 e. The predicted molar refractivity (Wildman–Crippen MR) is 108 cm³/mol. The van der Waals surface area contributed by atoms with Crippen LogP contribution in [-0.2, 0) is 16.4 Å². The second-order valence-electron chi connectivity index (χ2n) is 6.87. The first-order valence-corrected chi connectivity index (χ1v) is 10.3. The lowest BCUT2D eigenvalue weighted by Crippen LogP contribution is -2.29. The van der Waals surface area contributed by atoms with Crippen LogP contribution in [0.5, 0.6) is 0 Å². The van der Waals surface area contributed by atoms with E-state index in [0.717, 1.165) is 5.56 Å². The molecule has 0 bridgehead atoms. The molecule has 1 aliphatic rings. The van der Waals surface area contributed by atoms with Gasteiger partial charge < -0.3 is 15.1 Å². The second kappa shape index (κ2) is 5.95. The molecule has 0 fully saturated rings. The van der Waals surface area contributed by atoms with E-state index in [9.17, 15) is 23.1 Å². The first-order valence-electron chi connectivity index (χ1n) is 8.89. The first kappa shape index (κ1) is 17.5. The third-order valence-corrected chi connectivity index (χ3v) is 7.09. The smallest absolute Gasteiger partial charge is 0.337 e. The summed E-state index contributed by atoms with van der Waals surface area (Å²) >= 11 is 0. The second-order valence-corrected chi connectivity index (χ2v) is 8.74. The number of hydrogen-bond donors (Lipinski definition) is 3. The number of pyridine rings is 1. The van der Waals surface area contributed by atoms with Gasteiger partial charge in [-0.3, -0.25) is 9.10 Å². The molecule has 5 rings (SSSR count). The van der Waals surface area contributed by atoms with Gasteiger partial charge in [0.15, 0.2) is 0 Å². The summed E-state index contributed by atoms with van der Waals surface area (Å²) in [6.45, 7) is 0.339. The Balaban J connectivity index is 1.76. The largest absolute Gasteiger partial charge is 0.478 e. The highest BCUT2D eigenvalue weighted by Crippen LogP contribution is 2.34. The Kier molecular flexibility index (Phi) is 3.59. The molecule has 0 unspecified atom stereocenters. The van der Waals surface area contributed by atoms with E-state index in [1.165, 1.54) is 28.7 Å². The van der Waals surface area contributed by atoms with E-state index in [0.29, 0.717) is 29.6 Å². The molecule has 1 aliphatic heterocycles. The maximum atomic E-state index is 13.3. The quantitative estimate of drug-likeness (QED) is 0.480. The normalized spacial score (nSPS) is 13.9. The third-order valence-electron chi connectivity index (χ3n) is 5.28. The SMILES string of the molecule is O=C(O)c1c[nH]c2c(=O)[nH]c3ccc(S(=O)(=O)N4CCc5ccccc54)cc3c12. The lowest BCUT2D eigenvalue weighted by atomic mass is 10.1. The molecule has 0 amide bonds. The number of rotatable bonds is 3. The van der Waals surface area contributed by atoms with Crippen LogP contribution in [0, 0.1) is 0 Å². The molecule has 2 aromatic heterocycles. The van der Waals surface area contributed by atoms with E-state index in [1.807, 2.05) is 12.1 Å². The van der Waals surface area contributed by atoms with E-state index in [1.54, 1.807) is 12.1 Å². The van der Waals surface area contributed by atoms with Crippen LogP contribution < -0.4 is 9.86 Å². The van der Waals surface area contributed by atoms with Crippen LogP contribution in [0.2, 0.25) is 0 Å². The number of anilines is 1. The van der Waals surface area contributed by atoms with E-state index in [2.05, 4.69) is 9.97 Å². The summed E-state index contributed by atoms with van der Waals surface area (Å²) in [5, 5.41) is 10.0. The van der Waals surface area contributed by atoms with Gasteiger partial charge in [0.05, 0.1) is 16.1 Å². The van der Waals surface area contributed by atoms with Crippen molar-refractivity contribution < 1.29 is 18.3 Å². The van der Waals surface area contributed by atoms with Crippen molar-refractivity contribution in [3.05, 3.63) is 70.1 Å². The van der Waals surface area contributed by atoms with Crippen molar-refractivity contribution in [2.45, 2.75) is 11.3 Å². The number of sulfonamides is 1. The van der Waals surface area contributed by atoms with Crippen LogP contribution in [0.1, 0.15) is 15.9 Å². The third kappa shape index (κ3) is 2.47. The predicted octanol–water partition coefficient (Wildman–Crippen LogP) is 2.46. The molecule has 9 heteroatoms. The van der Waals surface area contributed by atoms with Gasteiger partial charge in [-0.05, 0) is 36.2 Å². The fourth-order valence-electron chi connectivity index (χ4n) is 3.92. The minimum atomic E-state index is -3.85. The summed E-state index contributed by atoms with van der Waals surface area (Å²) in [6.07, 6.45) is 1.86. The molecule has 0 radical (unpaired) electrons. The molecule has 29 heavy (non-hydrogen) atoms. The topological polar surface area (TPSA) is 123 Å². The molecule has 0 spiro atoms. The van der Waals surface area contributed by atoms with Gasteiger partial charge in [0.2, 0.25) is 0 Å². The van der Waals surface area contributed by atoms with Crippen molar-refractivity contribution in [3.63, 3.8) is 0 Å². The zero-order chi connectivity index (χ0) is 20.3. The average Bonchev–Trinajstić information content (AvgIpc) is 3.33. The Labute approximate surface area is 164 Å². The van der Waals surface area contributed by atoms with Gasteiger partial charge in [-0.15, -0.1) is 0 Å². The summed E-state index contributed by atoms with van der Waals surface area (Å²) in [5.41, 5.74) is 1.51. The van der Waals surface area contributed by atoms with Gasteiger partial charge in [-0.2, -0.15) is 0 Å². The number of carboxylic acid groups (broad SMARTS) is 1. The Morgan fingerprint density at radius 2 is 1.93 bits per heavy atom. The van der Waals surface area contributed by atoms with Gasteiger partial charge in [0.25, 0.3) is 15.6 Å². The van der Waals surface area contributed by atoms with E-state index >= 15 is 0 Å². The van der Waals surface area contributed by atoms with Crippen molar-refractivity contribution in [2.75, 3.05) is 10.8 Å². The first-order chi connectivity index (χ1) is 13.9. The van der Waals surface area contributed by atoms with Crippen LogP contribution in [0.3, 0.4) is 0 Å². The molecule has 3 heterocycles. The molecular formula is C20H15N3O5S. The Hall–Kier alpha value is -3.59. The number of H-pyrrole nitrogens is 2. The number of benzene rings is 2. The maximum absolute atomic E-state index is 13.3. The van der Waals surface area contributed by atoms with E-state index in [-0.39, 0.29) is 21.4 Å². The highest BCUT2D eigenvalue weighted by molar-refractivity contribution is 7.92. The summed E-state index contributed by atoms with van der Waals surface area (Å²) in [7, 11) is -3.85. The van der Waals surface area contributed by atoms with Crippen molar-refractivity contribution in [3.8, 4) is 0 Å². The fourth-order valence-corrected chi connectivity index (χ4v) is 5.45. The Bertz CT molecular complexity index is 1480. The van der Waals surface area contributed by atoms with E-state index in [4.69, 9.17) is 0 Å². The van der Waals surface area contributed by atoms with Gasteiger partial charge >= 0.3 is 5.97 Å². The number of carboxylic acids is 1. The van der Waals surface area contributed by atoms with Crippen molar-refractivity contribution in [1.82, 2.24) is 9.97 Å². The van der Waals surface area contributed by atoms with Gasteiger partial charge in [0.1, 0.15) is 5.52 Å². The van der Waals surface area contributed by atoms with E-state index < -0.39 is 21.6 Å². The van der Waals surface area contributed by atoms with Gasteiger partial charge in [-0.1, -0.05) is 18.2 Å².